The first kappa shape index (κ1) is 18.8. The van der Waals surface area contributed by atoms with E-state index in [0.717, 1.165) is 0 Å². The number of hydrogen-bond donors (Lipinski definition) is 2. The van der Waals surface area contributed by atoms with E-state index in [1.165, 1.54) is 29.2 Å². The van der Waals surface area contributed by atoms with Crippen LogP contribution in [-0.2, 0) is 14.4 Å². The van der Waals surface area contributed by atoms with Gasteiger partial charge in [-0.05, 0) is 48.5 Å². The van der Waals surface area contributed by atoms with Crippen LogP contribution in [-0.4, -0.2) is 30.8 Å². The maximum absolute atomic E-state index is 13.0. The fraction of sp³-hybridized carbons (Fsp3) is 0.211. The average molecular weight is 390 g/mol. The van der Waals surface area contributed by atoms with Crippen molar-refractivity contribution in [3.8, 4) is 0 Å². The number of carbonyl (C=O) groups is 3. The molecule has 1 saturated heterocycles. The minimum Gasteiger partial charge on any atom is -0.347 e. The summed E-state index contributed by atoms with van der Waals surface area (Å²) in [6.45, 7) is -0.0161. The van der Waals surface area contributed by atoms with Crippen molar-refractivity contribution in [3.05, 3.63) is 59.4 Å². The molecule has 1 fully saturated rings. The maximum Gasteiger partial charge on any atom is 0.243 e. The van der Waals surface area contributed by atoms with Crippen molar-refractivity contribution in [2.24, 2.45) is 5.92 Å². The normalized spacial score (nSPS) is 16.3. The van der Waals surface area contributed by atoms with Crippen LogP contribution in [0.5, 0.6) is 0 Å². The van der Waals surface area contributed by atoms with Crippen LogP contribution >= 0.6 is 11.6 Å². The zero-order chi connectivity index (χ0) is 19.4. The first-order valence-electron chi connectivity index (χ1n) is 8.31. The van der Waals surface area contributed by atoms with Gasteiger partial charge in [-0.15, -0.1) is 0 Å². The maximum atomic E-state index is 13.0. The molecule has 0 unspecified atom stereocenters. The highest BCUT2D eigenvalue weighted by molar-refractivity contribution is 6.30. The molecule has 1 atom stereocenters. The molecule has 0 saturated carbocycles. The van der Waals surface area contributed by atoms with Gasteiger partial charge in [-0.2, -0.15) is 0 Å². The fourth-order valence-corrected chi connectivity index (χ4v) is 2.93. The van der Waals surface area contributed by atoms with Crippen molar-refractivity contribution in [3.63, 3.8) is 0 Å². The Kier molecular flexibility index (Phi) is 5.71. The molecule has 2 aromatic carbocycles. The molecule has 0 aromatic heterocycles. The summed E-state index contributed by atoms with van der Waals surface area (Å²) in [5.41, 5.74) is 1.11. The minimum absolute atomic E-state index is 0.0437. The Morgan fingerprint density at radius 3 is 2.44 bits per heavy atom. The Bertz CT molecular complexity index is 856. The molecule has 0 radical (unpaired) electrons. The first-order valence-corrected chi connectivity index (χ1v) is 8.69. The Balaban J connectivity index is 1.51. The van der Waals surface area contributed by atoms with Gasteiger partial charge >= 0.3 is 0 Å². The van der Waals surface area contributed by atoms with Crippen LogP contribution in [0.4, 0.5) is 15.8 Å². The Morgan fingerprint density at radius 2 is 1.78 bits per heavy atom. The number of carbonyl (C=O) groups excluding carboxylic acids is 3. The second-order valence-electron chi connectivity index (χ2n) is 6.15. The van der Waals surface area contributed by atoms with Crippen molar-refractivity contribution < 1.29 is 18.8 Å². The van der Waals surface area contributed by atoms with Gasteiger partial charge < -0.3 is 15.5 Å². The number of hydrogen-bond acceptors (Lipinski definition) is 3. The van der Waals surface area contributed by atoms with E-state index >= 15 is 0 Å². The summed E-state index contributed by atoms with van der Waals surface area (Å²) < 4.78 is 13.0. The molecule has 140 valence electrons. The van der Waals surface area contributed by atoms with Crippen LogP contribution in [0.2, 0.25) is 5.02 Å². The molecular weight excluding hydrogens is 373 g/mol. The fourth-order valence-electron chi connectivity index (χ4n) is 2.80. The summed E-state index contributed by atoms with van der Waals surface area (Å²) in [5, 5.41) is 5.73. The highest BCUT2D eigenvalue weighted by atomic mass is 35.5. The molecule has 2 aromatic rings. The van der Waals surface area contributed by atoms with Crippen LogP contribution < -0.4 is 15.5 Å². The summed E-state index contributed by atoms with van der Waals surface area (Å²) in [6.07, 6.45) is 0.0437. The number of anilines is 2. The number of nitrogens with zero attached hydrogens (tertiary/aromatic N) is 1. The first-order chi connectivity index (χ1) is 12.9. The van der Waals surface area contributed by atoms with E-state index in [2.05, 4.69) is 10.6 Å². The topological polar surface area (TPSA) is 78.5 Å². The molecule has 27 heavy (non-hydrogen) atoms. The monoisotopic (exact) mass is 389 g/mol. The summed E-state index contributed by atoms with van der Waals surface area (Å²) in [4.78, 5) is 37.8. The smallest absolute Gasteiger partial charge is 0.243 e. The lowest BCUT2D eigenvalue weighted by atomic mass is 10.1. The van der Waals surface area contributed by atoms with Gasteiger partial charge in [0.15, 0.2) is 0 Å². The van der Waals surface area contributed by atoms with Crippen LogP contribution in [0.15, 0.2) is 48.5 Å². The van der Waals surface area contributed by atoms with E-state index < -0.39 is 11.7 Å². The summed E-state index contributed by atoms with van der Waals surface area (Å²) in [6, 6.07) is 12.1. The van der Waals surface area contributed by atoms with E-state index in [4.69, 9.17) is 11.6 Å². The third-order valence-electron chi connectivity index (χ3n) is 4.19. The van der Waals surface area contributed by atoms with Crippen LogP contribution in [0.3, 0.4) is 0 Å². The summed E-state index contributed by atoms with van der Waals surface area (Å²) >= 11 is 5.78. The lowest BCUT2D eigenvalue weighted by molar-refractivity contribution is -0.127. The molecule has 1 aliphatic heterocycles. The molecule has 3 rings (SSSR count). The molecule has 0 aliphatic carbocycles. The van der Waals surface area contributed by atoms with E-state index in [0.29, 0.717) is 16.4 Å². The standard InChI is InChI=1S/C19H17ClFN3O3/c20-13-1-5-15(6-2-13)23-17(25)10-22-19(27)12-9-18(26)24(11-12)16-7-3-14(21)4-8-16/h1-8,12H,9-11H2,(H,22,27)(H,23,25)/t12-/m0/s1. The number of amides is 3. The number of halogens is 2. The minimum atomic E-state index is -0.564. The van der Waals surface area contributed by atoms with Gasteiger partial charge in [-0.1, -0.05) is 11.6 Å². The van der Waals surface area contributed by atoms with E-state index in [1.807, 2.05) is 0 Å². The lowest BCUT2D eigenvalue weighted by Crippen LogP contribution is -2.37. The zero-order valence-corrected chi connectivity index (χ0v) is 15.0. The molecule has 8 heteroatoms. The number of nitrogens with one attached hydrogen (secondary N) is 2. The highest BCUT2D eigenvalue weighted by Gasteiger charge is 2.35. The third kappa shape index (κ3) is 4.83. The van der Waals surface area contributed by atoms with Crippen LogP contribution in [0.1, 0.15) is 6.42 Å². The molecule has 2 N–H and O–H groups in total. The predicted octanol–water partition coefficient (Wildman–Crippen LogP) is 2.59. The van der Waals surface area contributed by atoms with Crippen molar-refractivity contribution in [1.82, 2.24) is 5.32 Å². The van der Waals surface area contributed by atoms with E-state index in [9.17, 15) is 18.8 Å². The van der Waals surface area contributed by atoms with E-state index in [-0.39, 0.29) is 37.2 Å². The Morgan fingerprint density at radius 1 is 1.11 bits per heavy atom. The van der Waals surface area contributed by atoms with Gasteiger partial charge in [0.05, 0.1) is 12.5 Å². The Hall–Kier alpha value is -2.93. The van der Waals surface area contributed by atoms with Gasteiger partial charge in [-0.3, -0.25) is 14.4 Å². The van der Waals surface area contributed by atoms with Gasteiger partial charge in [0.25, 0.3) is 0 Å². The molecule has 1 aliphatic rings. The quantitative estimate of drug-likeness (QED) is 0.825. The third-order valence-corrected chi connectivity index (χ3v) is 4.44. The molecule has 1 heterocycles. The van der Waals surface area contributed by atoms with Gasteiger partial charge in [0.1, 0.15) is 5.82 Å². The largest absolute Gasteiger partial charge is 0.347 e. The zero-order valence-electron chi connectivity index (χ0n) is 14.2. The summed E-state index contributed by atoms with van der Waals surface area (Å²) in [5.74, 6) is -1.94. The Labute approximate surface area is 160 Å². The van der Waals surface area contributed by atoms with Crippen molar-refractivity contribution in [2.45, 2.75) is 6.42 Å². The van der Waals surface area contributed by atoms with Gasteiger partial charge in [0, 0.05) is 29.4 Å². The van der Waals surface area contributed by atoms with Crippen LogP contribution in [0, 0.1) is 11.7 Å². The van der Waals surface area contributed by atoms with Crippen molar-refractivity contribution in [2.75, 3.05) is 23.3 Å². The second kappa shape index (κ2) is 8.18. The molecule has 3 amide bonds. The SMILES string of the molecule is O=C(CNC(=O)[C@H]1CC(=O)N(c2ccc(F)cc2)C1)Nc1ccc(Cl)cc1. The van der Waals surface area contributed by atoms with Gasteiger partial charge in [-0.25, -0.2) is 4.39 Å². The lowest BCUT2D eigenvalue weighted by Gasteiger charge is -2.16. The molecular formula is C19H17ClFN3O3. The van der Waals surface area contributed by atoms with Gasteiger partial charge in [0.2, 0.25) is 17.7 Å². The molecule has 0 bridgehead atoms. The number of benzene rings is 2. The number of rotatable bonds is 5. The summed E-state index contributed by atoms with van der Waals surface area (Å²) in [7, 11) is 0. The van der Waals surface area contributed by atoms with E-state index in [1.54, 1.807) is 24.3 Å². The average Bonchev–Trinajstić information content (AvgIpc) is 3.04. The molecule has 0 spiro atoms. The van der Waals surface area contributed by atoms with Crippen molar-refractivity contribution >= 4 is 40.7 Å². The predicted molar refractivity (Wildman–Crippen MR) is 100.0 cm³/mol. The molecule has 6 nitrogen and oxygen atoms in total. The highest BCUT2D eigenvalue weighted by Crippen LogP contribution is 2.25. The van der Waals surface area contributed by atoms with Crippen molar-refractivity contribution in [1.29, 1.82) is 0 Å². The second-order valence-corrected chi connectivity index (χ2v) is 6.59. The van der Waals surface area contributed by atoms with Crippen LogP contribution in [0.25, 0.3) is 0 Å².